The number of rotatable bonds is 3. The van der Waals surface area contributed by atoms with Crippen molar-refractivity contribution in [3.05, 3.63) is 47.9 Å². The Bertz CT molecular complexity index is 729. The minimum Gasteiger partial charge on any atom is -0.241 e. The largest absolute Gasteiger partial charge is 0.241 e. The van der Waals surface area contributed by atoms with E-state index in [-0.39, 0.29) is 10.8 Å². The van der Waals surface area contributed by atoms with Crippen molar-refractivity contribution in [1.82, 2.24) is 9.97 Å². The molecule has 3 rings (SSSR count). The summed E-state index contributed by atoms with van der Waals surface area (Å²) >= 11 is 0. The molecule has 1 fully saturated rings. The first-order chi connectivity index (χ1) is 10.7. The van der Waals surface area contributed by atoms with Crippen LogP contribution in [0.3, 0.4) is 0 Å². The maximum atomic E-state index is 4.59. The molecule has 0 spiro atoms. The fourth-order valence-electron chi connectivity index (χ4n) is 3.77. The molecule has 1 aliphatic rings. The smallest absolute Gasteiger partial charge is 0.116 e. The zero-order valence-corrected chi connectivity index (χ0v) is 15.3. The van der Waals surface area contributed by atoms with Gasteiger partial charge in [0.05, 0.1) is 5.69 Å². The quantitative estimate of drug-likeness (QED) is 0.746. The summed E-state index contributed by atoms with van der Waals surface area (Å²) in [5.41, 5.74) is 5.54. The van der Waals surface area contributed by atoms with Gasteiger partial charge in [0.15, 0.2) is 0 Å². The Labute approximate surface area is 140 Å². The van der Waals surface area contributed by atoms with Gasteiger partial charge >= 0.3 is 0 Å². The molecule has 1 unspecified atom stereocenters. The minimum atomic E-state index is 0.0358. The average molecular weight is 308 g/mol. The second-order valence-corrected chi connectivity index (χ2v) is 8.51. The van der Waals surface area contributed by atoms with Crippen molar-refractivity contribution >= 4 is 0 Å². The Morgan fingerprint density at radius 3 is 2.39 bits per heavy atom. The van der Waals surface area contributed by atoms with Crippen LogP contribution in [0.15, 0.2) is 36.7 Å². The standard InChI is InChI=1S/C21H28N2/c1-7-20(5)13-21(20,6)16-11-9-8-10-15(16)17-12-18(19(2,3)4)23-14-22-17/h8-12,14H,7,13H2,1-6H3/t20-,21?/m1/s1. The first-order valence-corrected chi connectivity index (χ1v) is 8.64. The molecule has 2 atom stereocenters. The normalized spacial score (nSPS) is 27.0. The SMILES string of the molecule is CC[C@]1(C)CC1(C)c1ccccc1-c1cc(C(C)(C)C)ncn1. The van der Waals surface area contributed by atoms with Crippen LogP contribution in [0.2, 0.25) is 0 Å². The molecule has 1 aromatic carbocycles. The van der Waals surface area contributed by atoms with Crippen molar-refractivity contribution < 1.29 is 0 Å². The Kier molecular flexibility index (Phi) is 3.62. The molecule has 0 radical (unpaired) electrons. The van der Waals surface area contributed by atoms with E-state index in [2.05, 4.69) is 81.8 Å². The molecular weight excluding hydrogens is 280 g/mol. The van der Waals surface area contributed by atoms with Gasteiger partial charge in [-0.1, -0.05) is 65.8 Å². The molecule has 1 heterocycles. The lowest BCUT2D eigenvalue weighted by Crippen LogP contribution is -2.15. The predicted molar refractivity (Wildman–Crippen MR) is 96.5 cm³/mol. The van der Waals surface area contributed by atoms with Crippen molar-refractivity contribution in [1.29, 1.82) is 0 Å². The van der Waals surface area contributed by atoms with Gasteiger partial charge in [-0.15, -0.1) is 0 Å². The van der Waals surface area contributed by atoms with Crippen molar-refractivity contribution in [3.63, 3.8) is 0 Å². The molecule has 0 saturated heterocycles. The third-order valence-electron chi connectivity index (χ3n) is 5.96. The topological polar surface area (TPSA) is 25.8 Å². The van der Waals surface area contributed by atoms with Crippen LogP contribution in [0.4, 0.5) is 0 Å². The second kappa shape index (κ2) is 5.15. The van der Waals surface area contributed by atoms with Crippen LogP contribution in [0.5, 0.6) is 0 Å². The molecule has 1 aromatic heterocycles. The number of hydrogen-bond donors (Lipinski definition) is 0. The summed E-state index contributed by atoms with van der Waals surface area (Å²) in [4.78, 5) is 9.06. The number of nitrogens with zero attached hydrogens (tertiary/aromatic N) is 2. The van der Waals surface area contributed by atoms with Crippen LogP contribution < -0.4 is 0 Å². The molecule has 2 aromatic rings. The number of hydrogen-bond acceptors (Lipinski definition) is 2. The summed E-state index contributed by atoms with van der Waals surface area (Å²) in [7, 11) is 0. The van der Waals surface area contributed by atoms with E-state index in [0.29, 0.717) is 5.41 Å². The third-order valence-corrected chi connectivity index (χ3v) is 5.96. The molecular formula is C21H28N2. The van der Waals surface area contributed by atoms with Gasteiger partial charge < -0.3 is 0 Å². The van der Waals surface area contributed by atoms with Crippen molar-refractivity contribution in [2.24, 2.45) is 5.41 Å². The predicted octanol–water partition coefficient (Wildman–Crippen LogP) is 5.52. The number of benzene rings is 1. The van der Waals surface area contributed by atoms with Crippen LogP contribution in [0, 0.1) is 5.41 Å². The highest BCUT2D eigenvalue weighted by molar-refractivity contribution is 5.67. The van der Waals surface area contributed by atoms with E-state index in [1.54, 1.807) is 6.33 Å². The molecule has 2 nitrogen and oxygen atoms in total. The molecule has 23 heavy (non-hydrogen) atoms. The summed E-state index contributed by atoms with van der Waals surface area (Å²) in [5, 5.41) is 0. The van der Waals surface area contributed by atoms with E-state index in [9.17, 15) is 0 Å². The van der Waals surface area contributed by atoms with Gasteiger partial charge in [-0.25, -0.2) is 9.97 Å². The maximum Gasteiger partial charge on any atom is 0.116 e. The maximum absolute atomic E-state index is 4.59. The first kappa shape index (κ1) is 16.2. The Morgan fingerprint density at radius 1 is 1.09 bits per heavy atom. The lowest BCUT2D eigenvalue weighted by Gasteiger charge is -2.22. The lowest BCUT2D eigenvalue weighted by molar-refractivity contribution is 0.461. The van der Waals surface area contributed by atoms with Crippen molar-refractivity contribution in [2.45, 2.75) is 65.2 Å². The molecule has 1 aliphatic carbocycles. The number of aromatic nitrogens is 2. The summed E-state index contributed by atoms with van der Waals surface area (Å²) in [5.74, 6) is 0. The van der Waals surface area contributed by atoms with E-state index < -0.39 is 0 Å². The summed E-state index contributed by atoms with van der Waals surface area (Å²) in [6.45, 7) is 13.7. The Balaban J connectivity index is 2.10. The van der Waals surface area contributed by atoms with Gasteiger partial charge in [-0.2, -0.15) is 0 Å². The van der Waals surface area contributed by atoms with Gasteiger partial charge in [0.2, 0.25) is 0 Å². The third kappa shape index (κ3) is 2.58. The fourth-order valence-corrected chi connectivity index (χ4v) is 3.77. The Morgan fingerprint density at radius 2 is 1.78 bits per heavy atom. The van der Waals surface area contributed by atoms with Crippen molar-refractivity contribution in [3.8, 4) is 11.3 Å². The van der Waals surface area contributed by atoms with Crippen LogP contribution in [0.1, 0.15) is 65.6 Å². The van der Waals surface area contributed by atoms with E-state index in [1.807, 2.05) is 0 Å². The van der Waals surface area contributed by atoms with Crippen LogP contribution in [-0.4, -0.2) is 9.97 Å². The Hall–Kier alpha value is -1.70. The summed E-state index contributed by atoms with van der Waals surface area (Å²) < 4.78 is 0. The van der Waals surface area contributed by atoms with Crippen LogP contribution >= 0.6 is 0 Å². The van der Waals surface area contributed by atoms with Gasteiger partial charge in [0.1, 0.15) is 6.33 Å². The zero-order chi connectivity index (χ0) is 16.9. The molecule has 1 saturated carbocycles. The van der Waals surface area contributed by atoms with Gasteiger partial charge in [0, 0.05) is 16.7 Å². The highest BCUT2D eigenvalue weighted by Crippen LogP contribution is 2.67. The fraction of sp³-hybridized carbons (Fsp3) is 0.524. The minimum absolute atomic E-state index is 0.0358. The van der Waals surface area contributed by atoms with Crippen LogP contribution in [0.25, 0.3) is 11.3 Å². The van der Waals surface area contributed by atoms with E-state index in [4.69, 9.17) is 0 Å². The summed E-state index contributed by atoms with van der Waals surface area (Å²) in [6, 6.07) is 10.9. The zero-order valence-electron chi connectivity index (χ0n) is 15.3. The van der Waals surface area contributed by atoms with E-state index in [0.717, 1.165) is 11.4 Å². The van der Waals surface area contributed by atoms with E-state index in [1.165, 1.54) is 24.0 Å². The van der Waals surface area contributed by atoms with Gasteiger partial charge in [-0.3, -0.25) is 0 Å². The monoisotopic (exact) mass is 308 g/mol. The van der Waals surface area contributed by atoms with Crippen LogP contribution in [-0.2, 0) is 10.8 Å². The molecule has 0 aliphatic heterocycles. The van der Waals surface area contributed by atoms with E-state index >= 15 is 0 Å². The average Bonchev–Trinajstić information content (AvgIpc) is 3.10. The highest BCUT2D eigenvalue weighted by Gasteiger charge is 2.60. The molecule has 0 amide bonds. The molecule has 0 bridgehead atoms. The van der Waals surface area contributed by atoms with Crippen molar-refractivity contribution in [2.75, 3.05) is 0 Å². The molecule has 0 N–H and O–H groups in total. The molecule has 2 heteroatoms. The van der Waals surface area contributed by atoms with Gasteiger partial charge in [0.25, 0.3) is 0 Å². The molecule has 122 valence electrons. The lowest BCUT2D eigenvalue weighted by atomic mass is 9.83. The summed E-state index contributed by atoms with van der Waals surface area (Å²) in [6.07, 6.45) is 4.18. The second-order valence-electron chi connectivity index (χ2n) is 8.51. The first-order valence-electron chi connectivity index (χ1n) is 8.64. The highest BCUT2D eigenvalue weighted by atomic mass is 14.8. The van der Waals surface area contributed by atoms with Gasteiger partial charge in [-0.05, 0) is 35.3 Å².